The molecular weight excluding hydrogens is 260 g/mol. The lowest BCUT2D eigenvalue weighted by Crippen LogP contribution is -2.08. The van der Waals surface area contributed by atoms with Crippen molar-refractivity contribution in [2.24, 2.45) is 0 Å². The number of carbonyl (C=O) groups is 1. The van der Waals surface area contributed by atoms with Crippen LogP contribution < -0.4 is 4.74 Å². The predicted molar refractivity (Wildman–Crippen MR) is 76.8 cm³/mol. The van der Waals surface area contributed by atoms with Crippen molar-refractivity contribution in [1.82, 2.24) is 0 Å². The van der Waals surface area contributed by atoms with Crippen molar-refractivity contribution in [2.75, 3.05) is 0 Å². The molecule has 0 spiro atoms. The molecular formula is C16H13ClO2. The summed E-state index contributed by atoms with van der Waals surface area (Å²) < 4.78 is 5.24. The number of halogens is 1. The van der Waals surface area contributed by atoms with Gasteiger partial charge in [0.25, 0.3) is 0 Å². The van der Waals surface area contributed by atoms with Gasteiger partial charge in [-0.25, -0.2) is 4.79 Å². The normalized spacial score (nSPS) is 9.95. The quantitative estimate of drug-likeness (QED) is 0.471. The molecule has 2 nitrogen and oxygen atoms in total. The average Bonchev–Trinajstić information content (AvgIpc) is 2.42. The van der Waals surface area contributed by atoms with Gasteiger partial charge in [0.1, 0.15) is 5.75 Å². The van der Waals surface area contributed by atoms with Crippen LogP contribution in [-0.4, -0.2) is 5.97 Å². The Morgan fingerprint density at radius 2 is 1.74 bits per heavy atom. The van der Waals surface area contributed by atoms with Gasteiger partial charge in [-0.1, -0.05) is 29.8 Å². The number of rotatable bonds is 4. The van der Waals surface area contributed by atoms with Gasteiger partial charge in [0.15, 0.2) is 0 Å². The molecule has 0 aliphatic heterocycles. The summed E-state index contributed by atoms with van der Waals surface area (Å²) >= 11 is 5.76. The maximum absolute atomic E-state index is 11.9. The van der Waals surface area contributed by atoms with Crippen molar-refractivity contribution >= 4 is 17.6 Å². The number of hydrogen-bond donors (Lipinski definition) is 0. The Morgan fingerprint density at radius 1 is 1.11 bits per heavy atom. The average molecular weight is 273 g/mol. The maximum atomic E-state index is 11.9. The Hall–Kier alpha value is -2.06. The highest BCUT2D eigenvalue weighted by Gasteiger charge is 2.08. The van der Waals surface area contributed by atoms with Gasteiger partial charge in [0.05, 0.1) is 5.56 Å². The van der Waals surface area contributed by atoms with E-state index in [-0.39, 0.29) is 5.97 Å². The van der Waals surface area contributed by atoms with Gasteiger partial charge in [0.2, 0.25) is 0 Å². The second-order valence-corrected chi connectivity index (χ2v) is 4.47. The Labute approximate surface area is 117 Å². The minimum Gasteiger partial charge on any atom is -0.423 e. The van der Waals surface area contributed by atoms with Crippen LogP contribution in [0.25, 0.3) is 0 Å². The SMILES string of the molecule is C=CCc1ccc(C(=O)Oc2ccc(Cl)cc2)cc1. The number of hydrogen-bond acceptors (Lipinski definition) is 2. The molecule has 0 bridgehead atoms. The maximum Gasteiger partial charge on any atom is 0.343 e. The predicted octanol–water partition coefficient (Wildman–Crippen LogP) is 4.29. The molecule has 3 heteroatoms. The van der Waals surface area contributed by atoms with Crippen molar-refractivity contribution < 1.29 is 9.53 Å². The van der Waals surface area contributed by atoms with Crippen molar-refractivity contribution in [1.29, 1.82) is 0 Å². The zero-order valence-electron chi connectivity index (χ0n) is 10.3. The van der Waals surface area contributed by atoms with Crippen LogP contribution in [0.4, 0.5) is 0 Å². The highest BCUT2D eigenvalue weighted by molar-refractivity contribution is 6.30. The summed E-state index contributed by atoms with van der Waals surface area (Å²) in [5.41, 5.74) is 1.63. The summed E-state index contributed by atoms with van der Waals surface area (Å²) in [7, 11) is 0. The zero-order valence-corrected chi connectivity index (χ0v) is 11.1. The molecule has 0 N–H and O–H groups in total. The van der Waals surface area contributed by atoms with Crippen LogP contribution in [0, 0.1) is 0 Å². The smallest absolute Gasteiger partial charge is 0.343 e. The molecule has 2 aromatic carbocycles. The molecule has 0 saturated heterocycles. The molecule has 0 fully saturated rings. The number of allylic oxidation sites excluding steroid dienone is 1. The standard InChI is InChI=1S/C16H13ClO2/c1-2-3-12-4-6-13(7-5-12)16(18)19-15-10-8-14(17)9-11-15/h2,4-11H,1,3H2. The molecule has 2 aromatic rings. The molecule has 19 heavy (non-hydrogen) atoms. The van der Waals surface area contributed by atoms with E-state index >= 15 is 0 Å². The third-order valence-corrected chi connectivity index (χ3v) is 2.85. The van der Waals surface area contributed by atoms with Crippen LogP contribution in [-0.2, 0) is 6.42 Å². The monoisotopic (exact) mass is 272 g/mol. The molecule has 0 atom stereocenters. The van der Waals surface area contributed by atoms with Crippen molar-refractivity contribution in [3.63, 3.8) is 0 Å². The van der Waals surface area contributed by atoms with E-state index in [0.29, 0.717) is 16.3 Å². The number of ether oxygens (including phenoxy) is 1. The fraction of sp³-hybridized carbons (Fsp3) is 0.0625. The first-order valence-corrected chi connectivity index (χ1v) is 6.24. The lowest BCUT2D eigenvalue weighted by molar-refractivity contribution is 0.0735. The second kappa shape index (κ2) is 6.21. The van der Waals surface area contributed by atoms with Crippen LogP contribution >= 0.6 is 11.6 Å². The number of esters is 1. The minimum atomic E-state index is -0.382. The van der Waals surface area contributed by atoms with Crippen molar-refractivity contribution in [2.45, 2.75) is 6.42 Å². The number of benzene rings is 2. The summed E-state index contributed by atoms with van der Waals surface area (Å²) in [4.78, 5) is 11.9. The Morgan fingerprint density at radius 3 is 2.32 bits per heavy atom. The van der Waals surface area contributed by atoms with E-state index in [9.17, 15) is 4.79 Å². The zero-order chi connectivity index (χ0) is 13.7. The van der Waals surface area contributed by atoms with Crippen LogP contribution in [0.1, 0.15) is 15.9 Å². The highest BCUT2D eigenvalue weighted by atomic mass is 35.5. The third-order valence-electron chi connectivity index (χ3n) is 2.59. The Balaban J connectivity index is 2.07. The molecule has 0 radical (unpaired) electrons. The van der Waals surface area contributed by atoms with Crippen molar-refractivity contribution in [3.05, 3.63) is 77.3 Å². The van der Waals surface area contributed by atoms with E-state index in [2.05, 4.69) is 6.58 Å². The molecule has 0 aliphatic rings. The van der Waals surface area contributed by atoms with Gasteiger partial charge in [-0.3, -0.25) is 0 Å². The molecule has 0 heterocycles. The lowest BCUT2D eigenvalue weighted by Gasteiger charge is -2.05. The van der Waals surface area contributed by atoms with E-state index < -0.39 is 0 Å². The molecule has 0 saturated carbocycles. The second-order valence-electron chi connectivity index (χ2n) is 4.03. The minimum absolute atomic E-state index is 0.382. The molecule has 0 unspecified atom stereocenters. The summed E-state index contributed by atoms with van der Waals surface area (Å²) in [5.74, 6) is 0.0945. The van der Waals surface area contributed by atoms with Gasteiger partial charge in [-0.15, -0.1) is 6.58 Å². The van der Waals surface area contributed by atoms with E-state index in [1.54, 1.807) is 36.4 Å². The summed E-state index contributed by atoms with van der Waals surface area (Å²) in [6.45, 7) is 3.67. The van der Waals surface area contributed by atoms with Gasteiger partial charge in [0, 0.05) is 5.02 Å². The highest BCUT2D eigenvalue weighted by Crippen LogP contribution is 2.17. The van der Waals surface area contributed by atoms with E-state index in [1.807, 2.05) is 18.2 Å². The van der Waals surface area contributed by atoms with Gasteiger partial charge in [-0.05, 0) is 48.4 Å². The largest absolute Gasteiger partial charge is 0.423 e. The molecule has 2 rings (SSSR count). The fourth-order valence-corrected chi connectivity index (χ4v) is 1.74. The van der Waals surface area contributed by atoms with Crippen LogP contribution in [0.15, 0.2) is 61.2 Å². The summed E-state index contributed by atoms with van der Waals surface area (Å²) in [5, 5.41) is 0.605. The van der Waals surface area contributed by atoms with E-state index in [0.717, 1.165) is 12.0 Å². The Kier molecular flexibility index (Phi) is 4.37. The molecule has 96 valence electrons. The Bertz CT molecular complexity index is 571. The first kappa shape index (κ1) is 13.4. The van der Waals surface area contributed by atoms with Gasteiger partial charge >= 0.3 is 5.97 Å². The van der Waals surface area contributed by atoms with E-state index in [1.165, 1.54) is 0 Å². The van der Waals surface area contributed by atoms with Crippen molar-refractivity contribution in [3.8, 4) is 5.75 Å². The summed E-state index contributed by atoms with van der Waals surface area (Å²) in [6, 6.07) is 13.9. The van der Waals surface area contributed by atoms with Crippen LogP contribution in [0.2, 0.25) is 5.02 Å². The van der Waals surface area contributed by atoms with Crippen LogP contribution in [0.5, 0.6) is 5.75 Å². The van der Waals surface area contributed by atoms with Gasteiger partial charge < -0.3 is 4.74 Å². The third kappa shape index (κ3) is 3.70. The molecule has 0 aliphatic carbocycles. The topological polar surface area (TPSA) is 26.3 Å². The first-order valence-electron chi connectivity index (χ1n) is 5.86. The first-order chi connectivity index (χ1) is 9.19. The van der Waals surface area contributed by atoms with E-state index in [4.69, 9.17) is 16.3 Å². The summed E-state index contributed by atoms with van der Waals surface area (Å²) in [6.07, 6.45) is 2.60. The number of carbonyl (C=O) groups excluding carboxylic acids is 1. The lowest BCUT2D eigenvalue weighted by atomic mass is 10.1. The fourth-order valence-electron chi connectivity index (χ4n) is 1.61. The molecule has 0 aromatic heterocycles. The van der Waals surface area contributed by atoms with Crippen LogP contribution in [0.3, 0.4) is 0 Å². The molecule has 0 amide bonds. The van der Waals surface area contributed by atoms with Gasteiger partial charge in [-0.2, -0.15) is 0 Å².